The van der Waals surface area contributed by atoms with E-state index in [-0.39, 0.29) is 32.0 Å². The number of hydrogen-bond acceptors (Lipinski definition) is 8. The summed E-state index contributed by atoms with van der Waals surface area (Å²) in [5.74, 6) is -0.810. The number of likely N-dealkylation sites (N-methyl/N-ethyl adjacent to an activating group) is 1. The summed E-state index contributed by atoms with van der Waals surface area (Å²) in [6.07, 6.45) is 29.7. The van der Waals surface area contributed by atoms with Crippen LogP contribution in [0.5, 0.6) is 0 Å². The summed E-state index contributed by atoms with van der Waals surface area (Å²) in [6.45, 7) is 4.27. The van der Waals surface area contributed by atoms with Crippen LogP contribution < -0.4 is 0 Å². The maximum absolute atomic E-state index is 12.6. The van der Waals surface area contributed by atoms with Crippen molar-refractivity contribution in [2.75, 3.05) is 40.5 Å². The zero-order chi connectivity index (χ0) is 34.9. The Labute approximate surface area is 288 Å². The first-order valence-electron chi connectivity index (χ1n) is 19.0. The first-order valence-corrected chi connectivity index (χ1v) is 20.5. The van der Waals surface area contributed by atoms with E-state index in [1.807, 2.05) is 19.0 Å². The van der Waals surface area contributed by atoms with Crippen molar-refractivity contribution >= 4 is 19.8 Å². The van der Waals surface area contributed by atoms with Gasteiger partial charge in [0, 0.05) is 19.4 Å². The third kappa shape index (κ3) is 34.4. The minimum atomic E-state index is -4.35. The van der Waals surface area contributed by atoms with Crippen LogP contribution in [-0.2, 0) is 32.7 Å². The number of phosphoric acid groups is 1. The molecule has 0 amide bonds. The van der Waals surface area contributed by atoms with Crippen LogP contribution in [-0.4, -0.2) is 68.3 Å². The topological polar surface area (TPSA) is 112 Å². The second-order valence-corrected chi connectivity index (χ2v) is 14.6. The summed E-state index contributed by atoms with van der Waals surface area (Å²) in [5.41, 5.74) is 0. The van der Waals surface area contributed by atoms with Gasteiger partial charge in [0.25, 0.3) is 0 Å². The molecular weight excluding hydrogens is 617 g/mol. The van der Waals surface area contributed by atoms with Gasteiger partial charge < -0.3 is 19.3 Å². The van der Waals surface area contributed by atoms with Crippen molar-refractivity contribution in [2.45, 2.75) is 174 Å². The quantitative estimate of drug-likeness (QED) is 0.0301. The molecule has 0 aliphatic carbocycles. The molecule has 0 aromatic rings. The molecule has 0 aliphatic rings. The molecule has 1 N–H and O–H groups in total. The highest BCUT2D eigenvalue weighted by molar-refractivity contribution is 7.47. The summed E-state index contributed by atoms with van der Waals surface area (Å²) >= 11 is 0. The molecule has 0 heterocycles. The normalized spacial score (nSPS) is 13.7. The van der Waals surface area contributed by atoms with Crippen molar-refractivity contribution in [3.05, 3.63) is 12.2 Å². The summed E-state index contributed by atoms with van der Waals surface area (Å²) in [4.78, 5) is 36.8. The predicted octanol–water partition coefficient (Wildman–Crippen LogP) is 10.1. The van der Waals surface area contributed by atoms with Crippen LogP contribution >= 0.6 is 7.82 Å². The van der Waals surface area contributed by atoms with Crippen molar-refractivity contribution in [3.63, 3.8) is 0 Å². The fourth-order valence-electron chi connectivity index (χ4n) is 5.08. The molecule has 0 bridgehead atoms. The van der Waals surface area contributed by atoms with Crippen LogP contribution in [0.3, 0.4) is 0 Å². The van der Waals surface area contributed by atoms with Crippen molar-refractivity contribution in [1.29, 1.82) is 0 Å². The molecule has 0 aromatic carbocycles. The van der Waals surface area contributed by atoms with E-state index in [0.29, 0.717) is 13.0 Å². The minimum Gasteiger partial charge on any atom is -0.462 e. The van der Waals surface area contributed by atoms with Gasteiger partial charge in [-0.1, -0.05) is 135 Å². The zero-order valence-corrected chi connectivity index (χ0v) is 31.6. The Morgan fingerprint density at radius 2 is 1.11 bits per heavy atom. The van der Waals surface area contributed by atoms with E-state index >= 15 is 0 Å². The molecule has 278 valence electrons. The monoisotopic (exact) mass is 689 g/mol. The number of unbranched alkanes of at least 4 members (excludes halogenated alkanes) is 19. The lowest BCUT2D eigenvalue weighted by Gasteiger charge is -2.20. The molecule has 47 heavy (non-hydrogen) atoms. The van der Waals surface area contributed by atoms with E-state index < -0.39 is 26.5 Å². The second-order valence-electron chi connectivity index (χ2n) is 13.1. The lowest BCUT2D eigenvalue weighted by molar-refractivity contribution is -0.161. The highest BCUT2D eigenvalue weighted by Gasteiger charge is 2.26. The van der Waals surface area contributed by atoms with Gasteiger partial charge >= 0.3 is 19.8 Å². The Kier molecular flexibility index (Phi) is 32.4. The van der Waals surface area contributed by atoms with Crippen molar-refractivity contribution < 1.29 is 37.6 Å². The number of hydrogen-bond donors (Lipinski definition) is 1. The van der Waals surface area contributed by atoms with Crippen LogP contribution in [0.15, 0.2) is 12.2 Å². The molecule has 0 spiro atoms. The van der Waals surface area contributed by atoms with E-state index in [1.54, 1.807) is 0 Å². The molecule has 2 atom stereocenters. The maximum atomic E-state index is 12.6. The number of allylic oxidation sites excluding steroid dienone is 2. The van der Waals surface area contributed by atoms with Crippen molar-refractivity contribution in [2.24, 2.45) is 0 Å². The van der Waals surface area contributed by atoms with Gasteiger partial charge in [-0.15, -0.1) is 0 Å². The van der Waals surface area contributed by atoms with Crippen LogP contribution in [0, 0.1) is 0 Å². The third-order valence-electron chi connectivity index (χ3n) is 8.07. The number of carbonyl (C=O) groups is 2. The molecule has 0 aromatic heterocycles. The molecule has 0 radical (unpaired) electrons. The van der Waals surface area contributed by atoms with Crippen molar-refractivity contribution in [3.8, 4) is 0 Å². The fourth-order valence-corrected chi connectivity index (χ4v) is 5.82. The van der Waals surface area contributed by atoms with Gasteiger partial charge in [-0.05, 0) is 46.2 Å². The number of ether oxygens (including phenoxy) is 2. The SMILES string of the molecule is CCCC/C=C\CCCCCCCC(=O)OCC(COP(=O)(O)OCCN(C)C)OC(=O)CCCCCCCCCCCCCCC. The van der Waals surface area contributed by atoms with Crippen molar-refractivity contribution in [1.82, 2.24) is 4.90 Å². The van der Waals surface area contributed by atoms with Crippen LogP contribution in [0.4, 0.5) is 0 Å². The van der Waals surface area contributed by atoms with E-state index in [2.05, 4.69) is 26.0 Å². The third-order valence-corrected chi connectivity index (χ3v) is 9.06. The number of rotatable bonds is 35. The molecular formula is C37H72NO8P. The number of nitrogens with zero attached hydrogens (tertiary/aromatic N) is 1. The van der Waals surface area contributed by atoms with Gasteiger partial charge in [0.05, 0.1) is 13.2 Å². The summed E-state index contributed by atoms with van der Waals surface area (Å²) in [6, 6.07) is 0. The van der Waals surface area contributed by atoms with E-state index in [1.165, 1.54) is 77.0 Å². The summed E-state index contributed by atoms with van der Waals surface area (Å²) in [5, 5.41) is 0. The maximum Gasteiger partial charge on any atom is 0.472 e. The first-order chi connectivity index (χ1) is 22.7. The molecule has 0 rings (SSSR count). The zero-order valence-electron chi connectivity index (χ0n) is 30.7. The first kappa shape index (κ1) is 45.8. The molecule has 0 fully saturated rings. The molecule has 9 nitrogen and oxygen atoms in total. The molecule has 0 aliphatic heterocycles. The average Bonchev–Trinajstić information content (AvgIpc) is 3.03. The number of phosphoric ester groups is 1. The van der Waals surface area contributed by atoms with E-state index in [0.717, 1.165) is 57.8 Å². The Morgan fingerprint density at radius 1 is 0.638 bits per heavy atom. The highest BCUT2D eigenvalue weighted by atomic mass is 31.2. The summed E-state index contributed by atoms with van der Waals surface area (Å²) in [7, 11) is -0.706. The Bertz CT molecular complexity index is 807. The van der Waals surface area contributed by atoms with Gasteiger partial charge in [0.15, 0.2) is 6.10 Å². The Balaban J connectivity index is 4.36. The molecule has 10 heteroatoms. The second kappa shape index (κ2) is 33.3. The number of esters is 2. The predicted molar refractivity (Wildman–Crippen MR) is 192 cm³/mol. The van der Waals surface area contributed by atoms with Gasteiger partial charge in [-0.3, -0.25) is 18.6 Å². The van der Waals surface area contributed by atoms with Crippen LogP contribution in [0.25, 0.3) is 0 Å². The van der Waals surface area contributed by atoms with Crippen LogP contribution in [0.1, 0.15) is 168 Å². The number of carbonyl (C=O) groups excluding carboxylic acids is 2. The van der Waals surface area contributed by atoms with Gasteiger partial charge in [-0.2, -0.15) is 0 Å². The largest absolute Gasteiger partial charge is 0.472 e. The molecule has 0 saturated heterocycles. The molecule has 0 saturated carbocycles. The van der Waals surface area contributed by atoms with Gasteiger partial charge in [0.2, 0.25) is 0 Å². The average molecular weight is 690 g/mol. The standard InChI is InChI=1S/C37H72NO8P/c1-5-7-9-11-13-15-17-18-20-22-24-26-28-30-37(40)46-35(34-45-47(41,42)44-32-31-38(3)4)33-43-36(39)29-27-25-23-21-19-16-14-12-10-8-6-2/h12,14,35H,5-11,13,15-34H2,1-4H3,(H,41,42)/b14-12-. The minimum absolute atomic E-state index is 0.00885. The van der Waals surface area contributed by atoms with Crippen LogP contribution in [0.2, 0.25) is 0 Å². The Hall–Kier alpha value is -1.25. The summed E-state index contributed by atoms with van der Waals surface area (Å²) < 4.78 is 33.3. The van der Waals surface area contributed by atoms with Gasteiger partial charge in [0.1, 0.15) is 6.61 Å². The van der Waals surface area contributed by atoms with E-state index in [4.69, 9.17) is 18.5 Å². The van der Waals surface area contributed by atoms with E-state index in [9.17, 15) is 19.0 Å². The fraction of sp³-hybridized carbons (Fsp3) is 0.892. The smallest absolute Gasteiger partial charge is 0.462 e. The Morgan fingerprint density at radius 3 is 1.64 bits per heavy atom. The lowest BCUT2D eigenvalue weighted by Crippen LogP contribution is -2.29. The lowest BCUT2D eigenvalue weighted by atomic mass is 10.0. The van der Waals surface area contributed by atoms with Gasteiger partial charge in [-0.25, -0.2) is 4.57 Å². The highest BCUT2D eigenvalue weighted by Crippen LogP contribution is 2.43. The molecule has 2 unspecified atom stereocenters.